The monoisotopic (exact) mass is 390 g/mol. The van der Waals surface area contributed by atoms with E-state index in [-0.39, 0.29) is 6.10 Å². The number of nitrogens with zero attached hydrogens (tertiary/aromatic N) is 1. The van der Waals surface area contributed by atoms with E-state index in [1.54, 1.807) is 0 Å². The maximum absolute atomic E-state index is 5.93. The number of aryl methyl sites for hydroxylation is 1. The van der Waals surface area contributed by atoms with E-state index < -0.39 is 0 Å². The van der Waals surface area contributed by atoms with Crippen LogP contribution in [0.1, 0.15) is 49.8 Å². The lowest BCUT2D eigenvalue weighted by molar-refractivity contribution is -0.00587. The van der Waals surface area contributed by atoms with Crippen molar-refractivity contribution in [3.63, 3.8) is 0 Å². The van der Waals surface area contributed by atoms with Crippen molar-refractivity contribution in [1.82, 2.24) is 4.98 Å². The number of hydrogen-bond donors (Lipinski definition) is 1. The third-order valence-corrected chi connectivity index (χ3v) is 6.03. The zero-order valence-corrected chi connectivity index (χ0v) is 16.9. The minimum atomic E-state index is 0.171. The molecule has 0 spiro atoms. The first-order chi connectivity index (χ1) is 14.3. The van der Waals surface area contributed by atoms with Gasteiger partial charge in [-0.2, -0.15) is 0 Å². The quantitative estimate of drug-likeness (QED) is 0.510. The van der Waals surface area contributed by atoms with Crippen molar-refractivity contribution in [3.05, 3.63) is 71.9 Å². The van der Waals surface area contributed by atoms with Crippen LogP contribution in [0.2, 0.25) is 0 Å². The number of nitrogens with two attached hydrogens (primary N) is 1. The zero-order valence-electron chi connectivity index (χ0n) is 16.9. The smallest absolute Gasteiger partial charge is 0.130 e. The van der Waals surface area contributed by atoms with Crippen LogP contribution in [0.5, 0.6) is 5.75 Å². The molecule has 2 N–H and O–H groups in total. The summed E-state index contributed by atoms with van der Waals surface area (Å²) < 4.78 is 5.93. The van der Waals surface area contributed by atoms with Gasteiger partial charge in [-0.1, -0.05) is 55.7 Å². The van der Waals surface area contributed by atoms with Crippen molar-refractivity contribution in [3.8, 4) is 5.75 Å². The lowest BCUT2D eigenvalue weighted by Crippen LogP contribution is -2.29. The van der Waals surface area contributed by atoms with Gasteiger partial charge in [0.05, 0.1) is 17.3 Å². The summed E-state index contributed by atoms with van der Waals surface area (Å²) in [6.45, 7) is 0.467. The van der Waals surface area contributed by atoms with Gasteiger partial charge < -0.3 is 9.57 Å². The van der Waals surface area contributed by atoms with Gasteiger partial charge in [-0.15, -0.1) is 0 Å². The van der Waals surface area contributed by atoms with Crippen molar-refractivity contribution in [1.29, 1.82) is 0 Å². The zero-order chi connectivity index (χ0) is 19.9. The number of fused-ring (bicyclic) bond motifs is 1. The summed E-state index contributed by atoms with van der Waals surface area (Å²) in [6, 6.07) is 20.6. The Labute approximate surface area is 173 Å². The molecular weight excluding hydrogens is 360 g/mol. The fourth-order valence-electron chi connectivity index (χ4n) is 4.33. The number of para-hydroxylation sites is 1. The van der Waals surface area contributed by atoms with Gasteiger partial charge in [0.25, 0.3) is 0 Å². The average Bonchev–Trinajstić information content (AvgIpc) is 2.79. The molecule has 4 rings (SSSR count). The molecule has 1 aromatic heterocycles. The second kappa shape index (κ2) is 9.86. The summed E-state index contributed by atoms with van der Waals surface area (Å²) in [5, 5.41) is 1.15. The van der Waals surface area contributed by atoms with Gasteiger partial charge in [0.1, 0.15) is 12.4 Å². The summed E-state index contributed by atoms with van der Waals surface area (Å²) in [4.78, 5) is 9.98. The number of benzene rings is 2. The molecule has 152 valence electrons. The normalized spacial score (nSPS) is 16.0. The van der Waals surface area contributed by atoms with Crippen LogP contribution < -0.4 is 10.6 Å². The number of pyridine rings is 1. The summed E-state index contributed by atoms with van der Waals surface area (Å²) in [7, 11) is 0. The van der Waals surface area contributed by atoms with E-state index in [1.807, 2.05) is 36.4 Å². The van der Waals surface area contributed by atoms with Crippen LogP contribution in [0.3, 0.4) is 0 Å². The molecule has 1 heterocycles. The molecule has 0 amide bonds. The van der Waals surface area contributed by atoms with E-state index in [1.165, 1.54) is 37.7 Å². The minimum Gasteiger partial charge on any atom is -0.487 e. The first kappa shape index (κ1) is 19.9. The molecule has 0 saturated heterocycles. The molecule has 1 aliphatic rings. The predicted molar refractivity (Wildman–Crippen MR) is 116 cm³/mol. The highest BCUT2D eigenvalue weighted by Crippen LogP contribution is 2.29. The molecule has 2 aromatic carbocycles. The van der Waals surface area contributed by atoms with Gasteiger partial charge in [0.2, 0.25) is 0 Å². The van der Waals surface area contributed by atoms with Crippen LogP contribution >= 0.6 is 0 Å². The average molecular weight is 391 g/mol. The topological polar surface area (TPSA) is 57.4 Å². The molecule has 4 nitrogen and oxygen atoms in total. The molecule has 0 bridgehead atoms. The molecular formula is C25H30N2O2. The van der Waals surface area contributed by atoms with Gasteiger partial charge in [-0.3, -0.25) is 0 Å². The Bertz CT molecular complexity index is 904. The van der Waals surface area contributed by atoms with Crippen LogP contribution in [0, 0.1) is 5.92 Å². The summed E-state index contributed by atoms with van der Waals surface area (Å²) in [5.41, 5.74) is 3.22. The number of hydrogen-bond acceptors (Lipinski definition) is 4. The van der Waals surface area contributed by atoms with E-state index in [4.69, 9.17) is 15.5 Å². The lowest BCUT2D eigenvalue weighted by Gasteiger charge is -2.28. The van der Waals surface area contributed by atoms with Crippen LogP contribution in [0.15, 0.2) is 60.7 Å². The van der Waals surface area contributed by atoms with E-state index in [0.29, 0.717) is 12.5 Å². The summed E-state index contributed by atoms with van der Waals surface area (Å²) in [5.74, 6) is 7.08. The first-order valence-corrected chi connectivity index (χ1v) is 10.7. The Hall–Kier alpha value is -2.43. The highest BCUT2D eigenvalue weighted by molar-refractivity contribution is 5.78. The van der Waals surface area contributed by atoms with E-state index in [9.17, 15) is 0 Å². The van der Waals surface area contributed by atoms with Crippen LogP contribution in [0.25, 0.3) is 10.9 Å². The highest BCUT2D eigenvalue weighted by Gasteiger charge is 2.23. The second-order valence-corrected chi connectivity index (χ2v) is 8.04. The van der Waals surface area contributed by atoms with Crippen molar-refractivity contribution in [2.75, 3.05) is 0 Å². The standard InChI is InChI=1S/C25H30N2O2/c26-29-25(21-7-2-1-3-8-21)17-12-19-10-15-23(16-11-19)28-18-22-14-13-20-6-4-5-9-24(20)27-22/h4-6,9-11,13-16,21,25H,1-3,7-8,12,17-18,26H2. The Morgan fingerprint density at radius 1 is 0.931 bits per heavy atom. The Balaban J connectivity index is 1.29. The minimum absolute atomic E-state index is 0.171. The SMILES string of the molecule is NOC(CCc1ccc(OCc2ccc3ccccc3n2)cc1)C1CCCCC1. The van der Waals surface area contributed by atoms with Gasteiger partial charge in [-0.05, 0) is 61.4 Å². The Kier molecular flexibility index (Phi) is 6.75. The third-order valence-electron chi connectivity index (χ3n) is 6.03. The molecule has 3 aromatic rings. The van der Waals surface area contributed by atoms with Crippen molar-refractivity contribution in [2.45, 2.75) is 57.7 Å². The maximum Gasteiger partial charge on any atom is 0.130 e. The molecule has 1 unspecified atom stereocenters. The number of aromatic nitrogens is 1. The van der Waals surface area contributed by atoms with Crippen molar-refractivity contribution < 1.29 is 9.57 Å². The van der Waals surface area contributed by atoms with Crippen LogP contribution in [-0.4, -0.2) is 11.1 Å². The summed E-state index contributed by atoms with van der Waals surface area (Å²) >= 11 is 0. The van der Waals surface area contributed by atoms with Crippen LogP contribution in [-0.2, 0) is 17.9 Å². The molecule has 0 radical (unpaired) electrons. The Morgan fingerprint density at radius 3 is 2.52 bits per heavy atom. The third kappa shape index (κ3) is 5.34. The fourth-order valence-corrected chi connectivity index (χ4v) is 4.33. The van der Waals surface area contributed by atoms with E-state index in [2.05, 4.69) is 29.2 Å². The van der Waals surface area contributed by atoms with Gasteiger partial charge in [0, 0.05) is 5.39 Å². The molecule has 0 aliphatic heterocycles. The molecule has 1 aliphatic carbocycles. The second-order valence-electron chi connectivity index (χ2n) is 8.04. The largest absolute Gasteiger partial charge is 0.487 e. The van der Waals surface area contributed by atoms with E-state index in [0.717, 1.165) is 35.2 Å². The molecule has 4 heteroatoms. The number of rotatable bonds is 8. The Morgan fingerprint density at radius 2 is 1.72 bits per heavy atom. The van der Waals surface area contributed by atoms with Gasteiger partial charge in [0.15, 0.2) is 0 Å². The molecule has 1 fully saturated rings. The molecule has 1 atom stereocenters. The maximum atomic E-state index is 5.93. The predicted octanol–water partition coefficient (Wildman–Crippen LogP) is 5.59. The summed E-state index contributed by atoms with van der Waals surface area (Å²) in [6.07, 6.45) is 8.59. The first-order valence-electron chi connectivity index (χ1n) is 10.7. The van der Waals surface area contributed by atoms with Crippen molar-refractivity contribution in [2.24, 2.45) is 11.8 Å². The lowest BCUT2D eigenvalue weighted by atomic mass is 9.83. The van der Waals surface area contributed by atoms with E-state index >= 15 is 0 Å². The molecule has 1 saturated carbocycles. The van der Waals surface area contributed by atoms with Gasteiger partial charge >= 0.3 is 0 Å². The van der Waals surface area contributed by atoms with Crippen LogP contribution in [0.4, 0.5) is 0 Å². The highest BCUT2D eigenvalue weighted by atomic mass is 16.6. The number of ether oxygens (including phenoxy) is 1. The fraction of sp³-hybridized carbons (Fsp3) is 0.400. The van der Waals surface area contributed by atoms with Gasteiger partial charge in [-0.25, -0.2) is 10.9 Å². The molecule has 29 heavy (non-hydrogen) atoms. The van der Waals surface area contributed by atoms with Crippen molar-refractivity contribution >= 4 is 10.9 Å².